The number of esters is 1. The van der Waals surface area contributed by atoms with Crippen molar-refractivity contribution in [3.05, 3.63) is 89.4 Å². The highest BCUT2D eigenvalue weighted by Crippen LogP contribution is 2.31. The summed E-state index contributed by atoms with van der Waals surface area (Å²) in [5.41, 5.74) is -0.455. The van der Waals surface area contributed by atoms with Gasteiger partial charge in [0.25, 0.3) is 5.91 Å². The molecule has 0 aliphatic carbocycles. The molecule has 0 fully saturated rings. The molecule has 3 aromatic rings. The number of amides is 1. The number of aryl methyl sites for hydroxylation is 1. The van der Waals surface area contributed by atoms with Crippen LogP contribution in [0.5, 0.6) is 0 Å². The Morgan fingerprint density at radius 1 is 1.03 bits per heavy atom. The zero-order chi connectivity index (χ0) is 21.0. The molecule has 2 aromatic carbocycles. The van der Waals surface area contributed by atoms with Crippen LogP contribution in [0, 0.1) is 6.92 Å². The van der Waals surface area contributed by atoms with Crippen molar-refractivity contribution in [3.8, 4) is 0 Å². The van der Waals surface area contributed by atoms with Crippen LogP contribution in [0.1, 0.15) is 33.3 Å². The molecule has 1 aromatic heterocycles. The summed E-state index contributed by atoms with van der Waals surface area (Å²) in [6.45, 7) is 1.57. The molecule has 0 aliphatic rings. The highest BCUT2D eigenvalue weighted by molar-refractivity contribution is 5.98. The Kier molecular flexibility index (Phi) is 5.72. The van der Waals surface area contributed by atoms with Crippen molar-refractivity contribution in [2.45, 2.75) is 19.2 Å². The Morgan fingerprint density at radius 3 is 2.38 bits per heavy atom. The van der Waals surface area contributed by atoms with E-state index in [-0.39, 0.29) is 11.3 Å². The van der Waals surface area contributed by atoms with Crippen LogP contribution in [0.3, 0.4) is 0 Å². The van der Waals surface area contributed by atoms with Gasteiger partial charge in [-0.3, -0.25) is 4.79 Å². The standard InChI is InChI=1S/C21H16F3NO4/c1-13-17(10-11-28-13)20(27)29-18(14-6-3-2-4-7-14)19(26)25-16-9-5-8-15(12-16)21(22,23)24/h2-12,18H,1H3,(H,25,26)/t18-/m0/s1. The van der Waals surface area contributed by atoms with Gasteiger partial charge in [-0.25, -0.2) is 4.79 Å². The van der Waals surface area contributed by atoms with Gasteiger partial charge in [-0.15, -0.1) is 0 Å². The van der Waals surface area contributed by atoms with Crippen LogP contribution < -0.4 is 5.32 Å². The molecule has 3 rings (SSSR count). The molecule has 8 heteroatoms. The molecule has 0 spiro atoms. The number of furan rings is 1. The Bertz CT molecular complexity index is 1010. The number of carbonyl (C=O) groups excluding carboxylic acids is 2. The number of hydrogen-bond donors (Lipinski definition) is 1. The third-order valence-corrected chi connectivity index (χ3v) is 4.10. The van der Waals surface area contributed by atoms with E-state index in [4.69, 9.17) is 9.15 Å². The fraction of sp³-hybridized carbons (Fsp3) is 0.143. The topological polar surface area (TPSA) is 68.5 Å². The maximum absolute atomic E-state index is 12.9. The molecule has 150 valence electrons. The van der Waals surface area contributed by atoms with Crippen molar-refractivity contribution in [1.82, 2.24) is 0 Å². The molecule has 0 radical (unpaired) electrons. The first-order chi connectivity index (χ1) is 13.8. The molecule has 0 saturated carbocycles. The lowest BCUT2D eigenvalue weighted by Crippen LogP contribution is -2.26. The van der Waals surface area contributed by atoms with Crippen LogP contribution in [0.2, 0.25) is 0 Å². The fourth-order valence-corrected chi connectivity index (χ4v) is 2.65. The number of hydrogen-bond acceptors (Lipinski definition) is 4. The minimum Gasteiger partial charge on any atom is -0.469 e. The zero-order valence-electron chi connectivity index (χ0n) is 15.2. The van der Waals surface area contributed by atoms with Crippen molar-refractivity contribution >= 4 is 17.6 Å². The molecule has 29 heavy (non-hydrogen) atoms. The van der Waals surface area contributed by atoms with E-state index in [1.165, 1.54) is 24.5 Å². The second-order valence-electron chi connectivity index (χ2n) is 6.15. The quantitative estimate of drug-likeness (QED) is 0.599. The van der Waals surface area contributed by atoms with Crippen LogP contribution in [0.4, 0.5) is 18.9 Å². The largest absolute Gasteiger partial charge is 0.469 e. The van der Waals surface area contributed by atoms with Gasteiger partial charge in [0.15, 0.2) is 0 Å². The fourth-order valence-electron chi connectivity index (χ4n) is 2.65. The normalized spacial score (nSPS) is 12.3. The molecular weight excluding hydrogens is 387 g/mol. The number of alkyl halides is 3. The zero-order valence-corrected chi connectivity index (χ0v) is 15.2. The van der Waals surface area contributed by atoms with Crippen LogP contribution in [-0.2, 0) is 15.7 Å². The highest BCUT2D eigenvalue weighted by atomic mass is 19.4. The van der Waals surface area contributed by atoms with Crippen molar-refractivity contribution in [2.75, 3.05) is 5.32 Å². The Hall–Kier alpha value is -3.55. The summed E-state index contributed by atoms with van der Waals surface area (Å²) < 4.78 is 49.1. The SMILES string of the molecule is Cc1occc1C(=O)O[C@H](C(=O)Nc1cccc(C(F)(F)F)c1)c1ccccc1. The van der Waals surface area contributed by atoms with Gasteiger partial charge in [-0.2, -0.15) is 13.2 Å². The number of ether oxygens (including phenoxy) is 1. The Morgan fingerprint density at radius 2 is 1.76 bits per heavy atom. The van der Waals surface area contributed by atoms with E-state index < -0.39 is 29.7 Å². The van der Waals surface area contributed by atoms with E-state index in [2.05, 4.69) is 5.32 Å². The van der Waals surface area contributed by atoms with Gasteiger partial charge in [-0.05, 0) is 31.2 Å². The average Bonchev–Trinajstić information content (AvgIpc) is 3.12. The summed E-state index contributed by atoms with van der Waals surface area (Å²) in [6.07, 6.45) is -4.61. The second-order valence-corrected chi connectivity index (χ2v) is 6.15. The van der Waals surface area contributed by atoms with Gasteiger partial charge in [0.2, 0.25) is 6.10 Å². The van der Waals surface area contributed by atoms with E-state index in [1.54, 1.807) is 37.3 Å². The smallest absolute Gasteiger partial charge is 0.416 e. The van der Waals surface area contributed by atoms with Crippen LogP contribution in [-0.4, -0.2) is 11.9 Å². The molecule has 1 atom stereocenters. The van der Waals surface area contributed by atoms with Crippen molar-refractivity contribution in [1.29, 1.82) is 0 Å². The summed E-state index contributed by atoms with van der Waals surface area (Å²) in [5.74, 6) is -1.26. The number of benzene rings is 2. The van der Waals surface area contributed by atoms with E-state index in [0.29, 0.717) is 11.3 Å². The Balaban J connectivity index is 1.86. The molecule has 5 nitrogen and oxygen atoms in total. The van der Waals surface area contributed by atoms with Gasteiger partial charge in [0.05, 0.1) is 11.8 Å². The molecule has 0 saturated heterocycles. The minimum atomic E-state index is -4.55. The van der Waals surface area contributed by atoms with Gasteiger partial charge >= 0.3 is 12.1 Å². The predicted molar refractivity (Wildman–Crippen MR) is 98.1 cm³/mol. The third kappa shape index (κ3) is 4.84. The lowest BCUT2D eigenvalue weighted by atomic mass is 10.1. The number of halogens is 3. The second kappa shape index (κ2) is 8.22. The van der Waals surface area contributed by atoms with Crippen LogP contribution in [0.25, 0.3) is 0 Å². The van der Waals surface area contributed by atoms with Crippen molar-refractivity contribution < 1.29 is 31.9 Å². The van der Waals surface area contributed by atoms with E-state index in [1.807, 2.05) is 0 Å². The minimum absolute atomic E-state index is 0.0682. The monoisotopic (exact) mass is 403 g/mol. The van der Waals surface area contributed by atoms with E-state index in [0.717, 1.165) is 12.1 Å². The number of carbonyl (C=O) groups is 2. The van der Waals surface area contributed by atoms with Gasteiger partial charge < -0.3 is 14.5 Å². The first kappa shape index (κ1) is 20.2. The average molecular weight is 403 g/mol. The first-order valence-corrected chi connectivity index (χ1v) is 8.54. The molecule has 1 N–H and O–H groups in total. The number of rotatable bonds is 5. The summed E-state index contributed by atoms with van der Waals surface area (Å²) in [6, 6.07) is 13.8. The predicted octanol–water partition coefficient (Wildman–Crippen LogP) is 5.14. The third-order valence-electron chi connectivity index (χ3n) is 4.10. The lowest BCUT2D eigenvalue weighted by molar-refractivity contribution is -0.137. The first-order valence-electron chi connectivity index (χ1n) is 8.54. The summed E-state index contributed by atoms with van der Waals surface area (Å²) in [7, 11) is 0. The summed E-state index contributed by atoms with van der Waals surface area (Å²) >= 11 is 0. The van der Waals surface area contributed by atoms with Crippen LogP contribution >= 0.6 is 0 Å². The van der Waals surface area contributed by atoms with Crippen LogP contribution in [0.15, 0.2) is 71.3 Å². The molecule has 0 unspecified atom stereocenters. The lowest BCUT2D eigenvalue weighted by Gasteiger charge is -2.18. The number of anilines is 1. The maximum Gasteiger partial charge on any atom is 0.416 e. The van der Waals surface area contributed by atoms with Gasteiger partial charge in [0.1, 0.15) is 11.3 Å². The highest BCUT2D eigenvalue weighted by Gasteiger charge is 2.31. The molecule has 0 aliphatic heterocycles. The van der Waals surface area contributed by atoms with E-state index in [9.17, 15) is 22.8 Å². The number of nitrogens with one attached hydrogen (secondary N) is 1. The van der Waals surface area contributed by atoms with Gasteiger partial charge in [-0.1, -0.05) is 36.4 Å². The molecule has 1 heterocycles. The van der Waals surface area contributed by atoms with E-state index >= 15 is 0 Å². The van der Waals surface area contributed by atoms with Gasteiger partial charge in [0, 0.05) is 11.3 Å². The maximum atomic E-state index is 12.9. The summed E-state index contributed by atoms with van der Waals surface area (Å²) in [4.78, 5) is 25.2. The molecule has 0 bridgehead atoms. The molecule has 1 amide bonds. The molecular formula is C21H16F3NO4. The van der Waals surface area contributed by atoms with Crippen molar-refractivity contribution in [2.24, 2.45) is 0 Å². The summed E-state index contributed by atoms with van der Waals surface area (Å²) in [5, 5.41) is 2.38. The van der Waals surface area contributed by atoms with Crippen molar-refractivity contribution in [3.63, 3.8) is 0 Å². The Labute approximate surface area is 164 Å².